The van der Waals surface area contributed by atoms with Crippen molar-refractivity contribution < 1.29 is 48.2 Å². The molecule has 60 heavy (non-hydrogen) atoms. The maximum absolute atomic E-state index is 12.6. The maximum atomic E-state index is 12.6. The fourth-order valence-corrected chi connectivity index (χ4v) is 15.0. The Morgan fingerprint density at radius 1 is 0.650 bits per heavy atom. The predicted octanol–water partition coefficient (Wildman–Crippen LogP) is 3.90. The summed E-state index contributed by atoms with van der Waals surface area (Å²) in [5.74, 6) is 2.76. The highest BCUT2D eigenvalue weighted by molar-refractivity contribution is 5.81. The number of hydrogen-bond donors (Lipinski definition) is 2. The number of epoxide rings is 2. The Morgan fingerprint density at radius 2 is 1.08 bits per heavy atom. The second-order valence-corrected chi connectivity index (χ2v) is 20.6. The first-order chi connectivity index (χ1) is 29.1. The Bertz CT molecular complexity index is 2040. The van der Waals surface area contributed by atoms with E-state index in [0.717, 1.165) is 75.2 Å². The highest BCUT2D eigenvalue weighted by Gasteiger charge is 2.84. The summed E-state index contributed by atoms with van der Waals surface area (Å²) in [7, 11) is 0. The summed E-state index contributed by atoms with van der Waals surface area (Å²) in [6, 6.07) is 12.8. The molecule has 2 N–H and O–H groups in total. The first kappa shape index (κ1) is 37.3. The number of ether oxygens (including phenoxy) is 6. The lowest BCUT2D eigenvalue weighted by Gasteiger charge is -2.64. The van der Waals surface area contributed by atoms with Gasteiger partial charge in [-0.3, -0.25) is 9.80 Å². The summed E-state index contributed by atoms with van der Waals surface area (Å²) in [4.78, 5) is 30.2. The minimum Gasteiger partial charge on any atom is -0.486 e. The number of piperidine rings is 2. The molecule has 8 fully saturated rings. The normalized spacial score (nSPS) is 45.1. The number of esters is 2. The number of carbonyl (C=O) groups excluding carboxylic acids is 2. The molecule has 12 nitrogen and oxygen atoms in total. The summed E-state index contributed by atoms with van der Waals surface area (Å²) in [6.07, 6.45) is 9.44. The van der Waals surface area contributed by atoms with Gasteiger partial charge < -0.3 is 38.6 Å². The molecule has 2 aromatic carbocycles. The van der Waals surface area contributed by atoms with Crippen LogP contribution in [0.15, 0.2) is 36.4 Å². The molecule has 2 aromatic rings. The van der Waals surface area contributed by atoms with E-state index in [1.54, 1.807) is 0 Å². The first-order valence-electron chi connectivity index (χ1n) is 23.3. The Labute approximate surface area is 351 Å². The zero-order chi connectivity index (χ0) is 40.6. The van der Waals surface area contributed by atoms with Gasteiger partial charge in [0.25, 0.3) is 0 Å². The van der Waals surface area contributed by atoms with E-state index >= 15 is 0 Å². The van der Waals surface area contributed by atoms with E-state index in [0.29, 0.717) is 38.9 Å². The largest absolute Gasteiger partial charge is 0.486 e. The van der Waals surface area contributed by atoms with E-state index in [-0.39, 0.29) is 36.2 Å². The molecule has 10 unspecified atom stereocenters. The van der Waals surface area contributed by atoms with E-state index in [9.17, 15) is 19.8 Å². The van der Waals surface area contributed by atoms with E-state index in [1.807, 2.05) is 26.0 Å². The van der Waals surface area contributed by atoms with Crippen molar-refractivity contribution in [1.29, 1.82) is 0 Å². The smallest absolute Gasteiger partial charge is 0.338 e. The quantitative estimate of drug-likeness (QED) is 0.295. The second-order valence-electron chi connectivity index (χ2n) is 20.6. The summed E-state index contributed by atoms with van der Waals surface area (Å²) in [5, 5.41) is 24.8. The van der Waals surface area contributed by atoms with Crippen LogP contribution in [0.2, 0.25) is 0 Å². The average Bonchev–Trinajstić information content (AvgIpc) is 4.07. The van der Waals surface area contributed by atoms with Crippen LogP contribution in [-0.4, -0.2) is 130 Å². The van der Waals surface area contributed by atoms with E-state index < -0.39 is 45.4 Å². The van der Waals surface area contributed by atoms with Crippen molar-refractivity contribution in [2.75, 3.05) is 39.4 Å². The highest BCUT2D eigenvalue weighted by atomic mass is 16.7. The Hall–Kier alpha value is -3.26. The fourth-order valence-electron chi connectivity index (χ4n) is 15.0. The van der Waals surface area contributed by atoms with Crippen molar-refractivity contribution in [3.8, 4) is 11.5 Å². The lowest BCUT2D eigenvalue weighted by Crippen LogP contribution is -2.78. The van der Waals surface area contributed by atoms with Crippen LogP contribution in [0, 0.1) is 11.8 Å². The molecule has 6 aliphatic heterocycles. The van der Waals surface area contributed by atoms with Crippen LogP contribution in [0.4, 0.5) is 0 Å². The van der Waals surface area contributed by atoms with Crippen molar-refractivity contribution in [1.82, 2.24) is 9.80 Å². The third-order valence-electron chi connectivity index (χ3n) is 18.0. The van der Waals surface area contributed by atoms with Crippen molar-refractivity contribution in [2.45, 2.75) is 161 Å². The van der Waals surface area contributed by atoms with Crippen LogP contribution < -0.4 is 9.47 Å². The SMILES string of the molecule is CCOC(=O)[C@@H]1OC12CCC1(O)C3Cc4cccc5c4C1(CCN3CC1CC1)C2O5.CCOC(=O)[C@H]1OC12CCC1(O)C3Cc4cccc5c4C1(CCN3CC1CC1)C2O5. The van der Waals surface area contributed by atoms with Gasteiger partial charge in [0.05, 0.1) is 35.2 Å². The molecule has 0 radical (unpaired) electrons. The fraction of sp³-hybridized carbons (Fsp3) is 0.708. The highest BCUT2D eigenvalue weighted by Crippen LogP contribution is 2.71. The molecule has 4 saturated carbocycles. The van der Waals surface area contributed by atoms with Gasteiger partial charge in [-0.25, -0.2) is 9.59 Å². The van der Waals surface area contributed by atoms with Crippen molar-refractivity contribution in [2.24, 2.45) is 11.8 Å². The molecule has 0 amide bonds. The lowest BCUT2D eigenvalue weighted by molar-refractivity contribution is -0.201. The van der Waals surface area contributed by atoms with Gasteiger partial charge in [-0.2, -0.15) is 0 Å². The summed E-state index contributed by atoms with van der Waals surface area (Å²) in [6.45, 7) is 8.46. The summed E-state index contributed by atoms with van der Waals surface area (Å²) in [5.41, 5.74) is 0.954. The van der Waals surface area contributed by atoms with Crippen molar-refractivity contribution in [3.63, 3.8) is 0 Å². The van der Waals surface area contributed by atoms with Gasteiger partial charge in [-0.15, -0.1) is 0 Å². The minimum atomic E-state index is -0.846. The second kappa shape index (κ2) is 12.3. The third kappa shape index (κ3) is 4.53. The van der Waals surface area contributed by atoms with Gasteiger partial charge in [0.15, 0.2) is 12.2 Å². The minimum absolute atomic E-state index is 0.107. The Balaban J connectivity index is 0.000000123. The van der Waals surface area contributed by atoms with Crippen LogP contribution >= 0.6 is 0 Å². The third-order valence-corrected chi connectivity index (χ3v) is 18.0. The number of hydrogen-bond acceptors (Lipinski definition) is 12. The molecule has 12 atom stereocenters. The predicted molar refractivity (Wildman–Crippen MR) is 215 cm³/mol. The summed E-state index contributed by atoms with van der Waals surface area (Å²) >= 11 is 0. The van der Waals surface area contributed by atoms with E-state index in [2.05, 4.69) is 34.1 Å². The van der Waals surface area contributed by atoms with E-state index in [4.69, 9.17) is 28.4 Å². The van der Waals surface area contributed by atoms with Gasteiger partial charge in [-0.1, -0.05) is 24.3 Å². The van der Waals surface area contributed by atoms with Gasteiger partial charge >= 0.3 is 11.9 Å². The van der Waals surface area contributed by atoms with Crippen LogP contribution in [0.3, 0.4) is 0 Å². The van der Waals surface area contributed by atoms with Gasteiger partial charge in [0.2, 0.25) is 0 Å². The molecule has 4 bridgehead atoms. The molecule has 4 spiro atoms. The van der Waals surface area contributed by atoms with Crippen LogP contribution in [0.1, 0.15) is 100 Å². The number of benzene rings is 2. The van der Waals surface area contributed by atoms with Crippen molar-refractivity contribution >= 4 is 11.9 Å². The molecule has 0 aromatic heterocycles. The van der Waals surface area contributed by atoms with Crippen LogP contribution in [0.5, 0.6) is 11.5 Å². The maximum Gasteiger partial charge on any atom is 0.338 e. The molecule has 6 heterocycles. The topological polar surface area (TPSA) is 143 Å². The van der Waals surface area contributed by atoms with Gasteiger partial charge in [0, 0.05) is 36.3 Å². The molecule has 14 rings (SSSR count). The number of aliphatic hydroxyl groups is 2. The number of carbonyl (C=O) groups is 2. The van der Waals surface area contributed by atoms with Crippen molar-refractivity contribution in [3.05, 3.63) is 58.7 Å². The Kier molecular flexibility index (Phi) is 7.62. The number of rotatable bonds is 8. The van der Waals surface area contributed by atoms with Crippen LogP contribution in [0.25, 0.3) is 0 Å². The molecule has 12 aliphatic rings. The monoisotopic (exact) mass is 822 g/mol. The van der Waals surface area contributed by atoms with E-state index in [1.165, 1.54) is 47.9 Å². The number of nitrogens with zero attached hydrogens (tertiary/aromatic N) is 2. The van der Waals surface area contributed by atoms with Gasteiger partial charge in [-0.05, 0) is 139 Å². The molecule has 4 saturated heterocycles. The number of fused-ring (bicyclic) bond motifs is 2. The van der Waals surface area contributed by atoms with Gasteiger partial charge in [0.1, 0.15) is 34.9 Å². The summed E-state index contributed by atoms with van der Waals surface area (Å²) < 4.78 is 36.0. The van der Waals surface area contributed by atoms with Crippen LogP contribution in [-0.2, 0) is 52.2 Å². The zero-order valence-electron chi connectivity index (χ0n) is 34.9. The average molecular weight is 823 g/mol. The molecular formula is C48H58N2O10. The molecule has 12 heteroatoms. The molecule has 320 valence electrons. The number of likely N-dealkylation sites (tertiary alicyclic amines) is 2. The molecular weight excluding hydrogens is 765 g/mol. The first-order valence-corrected chi connectivity index (χ1v) is 23.3. The lowest BCUT2D eigenvalue weighted by atomic mass is 9.47. The molecule has 6 aliphatic carbocycles. The standard InChI is InChI=1S/2C24H29NO5/c2*1-2-28-20(26)19-23(30-19)8-9-24(27)17-12-15-4-3-5-16-18(15)22(24,21(23)29-16)10-11-25(17)13-14-6-7-14/h2*3-5,14,17,19,21,27H,2,6-13H2,1H3/t2*17?,19-,21?,22?,23?,24?/m10/s1. The zero-order valence-corrected chi connectivity index (χ0v) is 34.9. The Morgan fingerprint density at radius 3 is 1.48 bits per heavy atom.